The molecule has 1 fully saturated rings. The number of rotatable bonds is 35. The topological polar surface area (TPSA) is 192 Å². The average Bonchev–Trinajstić information content (AvgIpc) is 3.14. The van der Waals surface area contributed by atoms with Crippen LogP contribution in [0, 0.1) is 0 Å². The highest BCUT2D eigenvalue weighted by molar-refractivity contribution is 7.47. The van der Waals surface area contributed by atoms with Crippen molar-refractivity contribution in [3.8, 4) is 0 Å². The second-order valence-corrected chi connectivity index (χ2v) is 16.3. The number of ether oxygens (including phenoxy) is 2. The van der Waals surface area contributed by atoms with Gasteiger partial charge in [0.25, 0.3) is 0 Å². The van der Waals surface area contributed by atoms with Crippen molar-refractivity contribution >= 4 is 13.8 Å². The highest BCUT2D eigenvalue weighted by Gasteiger charge is 2.51. The normalized spacial score (nSPS) is 23.7. The number of hydrogen-bond acceptors (Lipinski definition) is 11. The SMILES string of the molecule is CCCCCCCC/C=C\CCCCCCCCCCOCC(COP(=O)(O)OC1C(O)C(O)C(O)C(O)C1O)OC(=O)CCCCCCCCCC. The molecule has 0 aromatic rings. The summed E-state index contributed by atoms with van der Waals surface area (Å²) >= 11 is 0. The lowest BCUT2D eigenvalue weighted by Crippen LogP contribution is -2.64. The third-order valence-electron chi connectivity index (χ3n) is 9.89. The summed E-state index contributed by atoms with van der Waals surface area (Å²) in [6, 6.07) is 0. The molecule has 0 aliphatic heterocycles. The second-order valence-electron chi connectivity index (χ2n) is 14.8. The van der Waals surface area contributed by atoms with Crippen molar-refractivity contribution in [2.75, 3.05) is 19.8 Å². The lowest BCUT2D eigenvalue weighted by molar-refractivity contribution is -0.220. The van der Waals surface area contributed by atoms with Crippen LogP contribution < -0.4 is 0 Å². The van der Waals surface area contributed by atoms with E-state index in [1.165, 1.54) is 109 Å². The third-order valence-corrected chi connectivity index (χ3v) is 10.9. The standard InChI is InChI=1S/C40H77O12P/c1-3-5-7-9-11-13-14-15-16-17-18-19-20-21-22-24-26-28-30-49-31-33(51-34(41)29-27-25-23-12-10-8-6-4-2)32-50-53(47,48)52-40-38(45)36(43)35(42)37(44)39(40)46/h15-16,33,35-40,42-46H,3-14,17-32H2,1-2H3,(H,47,48)/b16-15-. The first-order valence-corrected chi connectivity index (χ1v) is 22.5. The molecule has 1 aliphatic carbocycles. The van der Waals surface area contributed by atoms with Crippen molar-refractivity contribution < 1.29 is 58.3 Å². The molecule has 314 valence electrons. The lowest BCUT2D eigenvalue weighted by Gasteiger charge is -2.41. The molecular weight excluding hydrogens is 703 g/mol. The number of aliphatic hydroxyl groups is 5. The van der Waals surface area contributed by atoms with Gasteiger partial charge in [-0.1, -0.05) is 142 Å². The summed E-state index contributed by atoms with van der Waals surface area (Å²) in [5.74, 6) is -0.482. The molecule has 0 amide bonds. The van der Waals surface area contributed by atoms with Gasteiger partial charge in [0.15, 0.2) is 0 Å². The number of allylic oxidation sites excluding steroid dienone is 2. The number of aliphatic hydroxyl groups excluding tert-OH is 5. The number of phosphoric ester groups is 1. The van der Waals surface area contributed by atoms with Gasteiger partial charge in [0.05, 0.1) is 13.2 Å². The summed E-state index contributed by atoms with van der Waals surface area (Å²) in [6.07, 6.45) is 20.2. The minimum Gasteiger partial charge on any atom is -0.457 e. The number of esters is 1. The van der Waals surface area contributed by atoms with Crippen LogP contribution in [0.15, 0.2) is 12.2 Å². The first kappa shape index (κ1) is 50.1. The molecule has 12 nitrogen and oxygen atoms in total. The molecule has 6 unspecified atom stereocenters. The van der Waals surface area contributed by atoms with Crippen LogP contribution in [0.4, 0.5) is 0 Å². The maximum absolute atomic E-state index is 12.7. The van der Waals surface area contributed by atoms with Crippen LogP contribution in [-0.2, 0) is 27.9 Å². The average molecular weight is 781 g/mol. The minimum atomic E-state index is -5.00. The van der Waals surface area contributed by atoms with E-state index in [1.54, 1.807) is 0 Å². The zero-order valence-electron chi connectivity index (χ0n) is 33.1. The Morgan fingerprint density at radius 2 is 1.00 bits per heavy atom. The van der Waals surface area contributed by atoms with E-state index in [2.05, 4.69) is 26.0 Å². The third kappa shape index (κ3) is 25.1. The Kier molecular flexibility index (Phi) is 30.4. The van der Waals surface area contributed by atoms with E-state index < -0.39 is 63.1 Å². The zero-order chi connectivity index (χ0) is 39.2. The van der Waals surface area contributed by atoms with Gasteiger partial charge in [0.2, 0.25) is 0 Å². The second kappa shape index (κ2) is 32.2. The predicted molar refractivity (Wildman–Crippen MR) is 207 cm³/mol. The van der Waals surface area contributed by atoms with Crippen molar-refractivity contribution in [2.45, 2.75) is 217 Å². The van der Waals surface area contributed by atoms with E-state index in [0.717, 1.165) is 38.5 Å². The van der Waals surface area contributed by atoms with Crippen molar-refractivity contribution in [1.29, 1.82) is 0 Å². The molecule has 1 saturated carbocycles. The molecular formula is C40H77O12P. The Balaban J connectivity index is 2.37. The van der Waals surface area contributed by atoms with Gasteiger partial charge in [-0.3, -0.25) is 13.8 Å². The summed E-state index contributed by atoms with van der Waals surface area (Å²) in [5, 5.41) is 49.9. The number of phosphoric acid groups is 1. The van der Waals surface area contributed by atoms with E-state index in [-0.39, 0.29) is 13.0 Å². The van der Waals surface area contributed by atoms with E-state index in [9.17, 15) is 39.8 Å². The maximum Gasteiger partial charge on any atom is 0.472 e. The molecule has 0 aromatic heterocycles. The van der Waals surface area contributed by atoms with Crippen LogP contribution in [0.3, 0.4) is 0 Å². The van der Waals surface area contributed by atoms with Gasteiger partial charge in [0, 0.05) is 13.0 Å². The van der Waals surface area contributed by atoms with E-state index in [0.29, 0.717) is 13.0 Å². The van der Waals surface area contributed by atoms with Gasteiger partial charge >= 0.3 is 13.8 Å². The Bertz CT molecular complexity index is 937. The van der Waals surface area contributed by atoms with Crippen molar-refractivity contribution in [1.82, 2.24) is 0 Å². The van der Waals surface area contributed by atoms with Crippen molar-refractivity contribution in [2.24, 2.45) is 0 Å². The number of carbonyl (C=O) groups is 1. The van der Waals surface area contributed by atoms with Crippen molar-refractivity contribution in [3.05, 3.63) is 12.2 Å². The van der Waals surface area contributed by atoms with Crippen LogP contribution in [0.1, 0.15) is 174 Å². The first-order chi connectivity index (χ1) is 25.5. The Morgan fingerprint density at radius 1 is 0.585 bits per heavy atom. The largest absolute Gasteiger partial charge is 0.472 e. The molecule has 53 heavy (non-hydrogen) atoms. The van der Waals surface area contributed by atoms with Crippen LogP contribution in [0.25, 0.3) is 0 Å². The van der Waals surface area contributed by atoms with Gasteiger partial charge in [-0.25, -0.2) is 4.57 Å². The molecule has 0 heterocycles. The smallest absolute Gasteiger partial charge is 0.457 e. The van der Waals surface area contributed by atoms with Gasteiger partial charge in [-0.05, 0) is 38.5 Å². The molecule has 0 aromatic carbocycles. The summed E-state index contributed by atoms with van der Waals surface area (Å²) in [4.78, 5) is 22.9. The first-order valence-electron chi connectivity index (χ1n) is 21.0. The number of carbonyl (C=O) groups excluding carboxylic acids is 1. The fraction of sp³-hybridized carbons (Fsp3) is 0.925. The highest BCUT2D eigenvalue weighted by atomic mass is 31.2. The Hall–Kier alpha value is -0.920. The quantitative estimate of drug-likeness (QED) is 0.0160. The molecule has 1 aliphatic rings. The molecule has 1 rings (SSSR count). The van der Waals surface area contributed by atoms with Gasteiger partial charge in [-0.2, -0.15) is 0 Å². The Morgan fingerprint density at radius 3 is 1.49 bits per heavy atom. The minimum absolute atomic E-state index is 0.0745. The fourth-order valence-corrected chi connectivity index (χ4v) is 7.44. The van der Waals surface area contributed by atoms with Crippen molar-refractivity contribution in [3.63, 3.8) is 0 Å². The molecule has 0 spiro atoms. The molecule has 0 bridgehead atoms. The zero-order valence-corrected chi connectivity index (χ0v) is 34.0. The van der Waals surface area contributed by atoms with E-state index in [4.69, 9.17) is 18.5 Å². The summed E-state index contributed by atoms with van der Waals surface area (Å²) in [6.45, 7) is 4.20. The van der Waals surface area contributed by atoms with Crippen LogP contribution in [0.5, 0.6) is 0 Å². The molecule has 0 radical (unpaired) electrons. The van der Waals surface area contributed by atoms with Gasteiger partial charge < -0.3 is 39.9 Å². The number of unbranched alkanes of at least 4 members (excludes halogenated alkanes) is 21. The fourth-order valence-electron chi connectivity index (χ4n) is 6.47. The molecule has 6 N–H and O–H groups in total. The van der Waals surface area contributed by atoms with Gasteiger partial charge in [-0.15, -0.1) is 0 Å². The highest BCUT2D eigenvalue weighted by Crippen LogP contribution is 2.47. The van der Waals surface area contributed by atoms with Crippen LogP contribution in [-0.4, -0.2) is 98.9 Å². The van der Waals surface area contributed by atoms with Crippen LogP contribution >= 0.6 is 7.82 Å². The monoisotopic (exact) mass is 781 g/mol. The van der Waals surface area contributed by atoms with E-state index in [1.807, 2.05) is 0 Å². The van der Waals surface area contributed by atoms with E-state index >= 15 is 0 Å². The summed E-state index contributed by atoms with van der Waals surface area (Å²) in [5.41, 5.74) is 0. The molecule has 6 atom stereocenters. The summed E-state index contributed by atoms with van der Waals surface area (Å²) in [7, 11) is -5.00. The Labute approximate surface area is 320 Å². The lowest BCUT2D eigenvalue weighted by atomic mass is 9.85. The summed E-state index contributed by atoms with van der Waals surface area (Å²) < 4.78 is 34.0. The maximum atomic E-state index is 12.7. The van der Waals surface area contributed by atoms with Gasteiger partial charge in [0.1, 0.15) is 42.7 Å². The van der Waals surface area contributed by atoms with Crippen LogP contribution in [0.2, 0.25) is 0 Å². The molecule has 0 saturated heterocycles. The molecule has 13 heteroatoms. The number of hydrogen-bond donors (Lipinski definition) is 6. The predicted octanol–water partition coefficient (Wildman–Crippen LogP) is 7.58.